The molecule has 6 heteroatoms. The highest BCUT2D eigenvalue weighted by Crippen LogP contribution is 2.32. The van der Waals surface area contributed by atoms with Gasteiger partial charge < -0.3 is 18.7 Å². The average molecular weight is 260 g/mol. The van der Waals surface area contributed by atoms with Crippen LogP contribution in [-0.4, -0.2) is 21.9 Å². The predicted molar refractivity (Wildman–Crippen MR) is 66.6 cm³/mol. The van der Waals surface area contributed by atoms with Crippen molar-refractivity contribution >= 4 is 11.0 Å². The lowest BCUT2D eigenvalue weighted by atomic mass is 10.2. The summed E-state index contributed by atoms with van der Waals surface area (Å²) < 4.78 is 16.4. The normalized spacial score (nSPS) is 11.1. The number of benzene rings is 1. The molecule has 0 aliphatic carbocycles. The highest BCUT2D eigenvalue weighted by atomic mass is 16.5. The number of fused-ring (bicyclic) bond motifs is 1. The Balaban J connectivity index is 2.08. The molecule has 0 saturated heterocycles. The summed E-state index contributed by atoms with van der Waals surface area (Å²) in [6.07, 6.45) is 0. The van der Waals surface area contributed by atoms with E-state index >= 15 is 0 Å². The first-order chi connectivity index (χ1) is 9.31. The zero-order valence-electron chi connectivity index (χ0n) is 10.3. The number of aromatic nitrogens is 2. The van der Waals surface area contributed by atoms with Crippen LogP contribution in [0.4, 0.5) is 0 Å². The number of nitrogens with zero attached hydrogens (tertiary/aromatic N) is 2. The smallest absolute Gasteiger partial charge is 0.283 e. The van der Waals surface area contributed by atoms with Crippen molar-refractivity contribution in [1.29, 1.82) is 0 Å². The largest absolute Gasteiger partial charge is 0.493 e. The summed E-state index contributed by atoms with van der Waals surface area (Å²) in [5, 5.41) is 17.3. The van der Waals surface area contributed by atoms with Gasteiger partial charge in [0.05, 0.1) is 12.0 Å². The van der Waals surface area contributed by atoms with Gasteiger partial charge in [-0.1, -0.05) is 6.07 Å². The lowest BCUT2D eigenvalue weighted by Crippen LogP contribution is -1.90. The minimum absolute atomic E-state index is 0.153. The number of hydrogen-bond donors (Lipinski definition) is 1. The van der Waals surface area contributed by atoms with Gasteiger partial charge in [0.2, 0.25) is 5.89 Å². The Bertz CT molecular complexity index is 702. The minimum Gasteiger partial charge on any atom is -0.493 e. The standard InChI is InChI=1S/C13H12N2O4/c1-2-17-9-4-3-5-10-8(9)6-11(18-10)13-15-14-12(7-16)19-13/h3-6,16H,2,7H2,1H3. The number of aliphatic hydroxyl groups excluding tert-OH is 1. The molecule has 0 atom stereocenters. The molecule has 1 aromatic carbocycles. The van der Waals surface area contributed by atoms with Crippen LogP contribution in [0.1, 0.15) is 12.8 Å². The molecule has 0 unspecified atom stereocenters. The molecule has 19 heavy (non-hydrogen) atoms. The van der Waals surface area contributed by atoms with Gasteiger partial charge in [0, 0.05) is 6.07 Å². The predicted octanol–water partition coefficient (Wildman–Crippen LogP) is 2.37. The maximum Gasteiger partial charge on any atom is 0.283 e. The first kappa shape index (κ1) is 11.7. The van der Waals surface area contributed by atoms with E-state index in [1.807, 2.05) is 25.1 Å². The van der Waals surface area contributed by atoms with Gasteiger partial charge in [0.1, 0.15) is 17.9 Å². The van der Waals surface area contributed by atoms with Crippen molar-refractivity contribution in [2.75, 3.05) is 6.61 Å². The molecule has 3 rings (SSSR count). The van der Waals surface area contributed by atoms with Crippen molar-refractivity contribution in [1.82, 2.24) is 10.2 Å². The number of rotatable bonds is 4. The zero-order valence-corrected chi connectivity index (χ0v) is 10.3. The van der Waals surface area contributed by atoms with Gasteiger partial charge >= 0.3 is 0 Å². The van der Waals surface area contributed by atoms with Gasteiger partial charge in [0.15, 0.2) is 5.76 Å². The molecular weight excluding hydrogens is 248 g/mol. The van der Waals surface area contributed by atoms with E-state index in [4.69, 9.17) is 18.7 Å². The van der Waals surface area contributed by atoms with Gasteiger partial charge in [-0.2, -0.15) is 0 Å². The number of aliphatic hydroxyl groups is 1. The van der Waals surface area contributed by atoms with Gasteiger partial charge in [-0.25, -0.2) is 0 Å². The molecule has 0 amide bonds. The van der Waals surface area contributed by atoms with E-state index in [2.05, 4.69) is 10.2 Å². The quantitative estimate of drug-likeness (QED) is 0.775. The molecule has 2 aromatic heterocycles. The molecule has 0 saturated carbocycles. The third-order valence-electron chi connectivity index (χ3n) is 2.63. The van der Waals surface area contributed by atoms with Crippen LogP contribution in [-0.2, 0) is 6.61 Å². The molecule has 0 radical (unpaired) electrons. The van der Waals surface area contributed by atoms with Crippen LogP contribution in [0.2, 0.25) is 0 Å². The first-order valence-electron chi connectivity index (χ1n) is 5.90. The van der Waals surface area contributed by atoms with E-state index in [1.165, 1.54) is 0 Å². The number of hydrogen-bond acceptors (Lipinski definition) is 6. The van der Waals surface area contributed by atoms with Crippen LogP contribution in [0.15, 0.2) is 33.1 Å². The third kappa shape index (κ3) is 2.06. The Kier molecular flexibility index (Phi) is 2.92. The third-order valence-corrected chi connectivity index (χ3v) is 2.63. The average Bonchev–Trinajstić information content (AvgIpc) is 3.05. The van der Waals surface area contributed by atoms with E-state index in [-0.39, 0.29) is 18.4 Å². The van der Waals surface area contributed by atoms with Crippen molar-refractivity contribution in [2.45, 2.75) is 13.5 Å². The SMILES string of the molecule is CCOc1cccc2oc(-c3nnc(CO)o3)cc12. The highest BCUT2D eigenvalue weighted by molar-refractivity contribution is 5.87. The lowest BCUT2D eigenvalue weighted by molar-refractivity contribution is 0.241. The van der Waals surface area contributed by atoms with Gasteiger partial charge in [0.25, 0.3) is 5.89 Å². The van der Waals surface area contributed by atoms with E-state index in [9.17, 15) is 0 Å². The zero-order chi connectivity index (χ0) is 13.2. The number of ether oxygens (including phenoxy) is 1. The van der Waals surface area contributed by atoms with E-state index < -0.39 is 0 Å². The number of furan rings is 1. The molecule has 3 aromatic rings. The molecule has 1 N–H and O–H groups in total. The Morgan fingerprint density at radius 2 is 2.16 bits per heavy atom. The van der Waals surface area contributed by atoms with E-state index in [1.54, 1.807) is 6.07 Å². The summed E-state index contributed by atoms with van der Waals surface area (Å²) in [7, 11) is 0. The maximum atomic E-state index is 8.90. The van der Waals surface area contributed by atoms with E-state index in [0.717, 1.165) is 11.1 Å². The summed E-state index contributed by atoms with van der Waals surface area (Å²) in [6, 6.07) is 7.35. The van der Waals surface area contributed by atoms with Crippen molar-refractivity contribution in [2.24, 2.45) is 0 Å². The van der Waals surface area contributed by atoms with Crippen LogP contribution in [0.5, 0.6) is 5.75 Å². The van der Waals surface area contributed by atoms with Crippen molar-refractivity contribution in [3.8, 4) is 17.4 Å². The molecule has 2 heterocycles. The fourth-order valence-corrected chi connectivity index (χ4v) is 1.84. The van der Waals surface area contributed by atoms with E-state index in [0.29, 0.717) is 18.0 Å². The second-order valence-electron chi connectivity index (χ2n) is 3.87. The van der Waals surface area contributed by atoms with Crippen molar-refractivity contribution in [3.05, 3.63) is 30.2 Å². The van der Waals surface area contributed by atoms with Crippen LogP contribution >= 0.6 is 0 Å². The van der Waals surface area contributed by atoms with Crippen LogP contribution in [0.3, 0.4) is 0 Å². The topological polar surface area (TPSA) is 81.5 Å². The highest BCUT2D eigenvalue weighted by Gasteiger charge is 2.15. The second kappa shape index (κ2) is 4.74. The molecule has 0 bridgehead atoms. The van der Waals surface area contributed by atoms with Gasteiger partial charge in [-0.05, 0) is 19.1 Å². The summed E-state index contributed by atoms with van der Waals surface area (Å²) in [5.41, 5.74) is 0.685. The summed E-state index contributed by atoms with van der Waals surface area (Å²) in [5.74, 6) is 1.59. The van der Waals surface area contributed by atoms with Crippen molar-refractivity contribution < 1.29 is 18.7 Å². The minimum atomic E-state index is -0.294. The summed E-state index contributed by atoms with van der Waals surface area (Å²) in [4.78, 5) is 0. The molecule has 0 aliphatic rings. The van der Waals surface area contributed by atoms with Gasteiger partial charge in [-0.15, -0.1) is 10.2 Å². The lowest BCUT2D eigenvalue weighted by Gasteiger charge is -2.02. The second-order valence-corrected chi connectivity index (χ2v) is 3.87. The fraction of sp³-hybridized carbons (Fsp3) is 0.231. The molecular formula is C13H12N2O4. The molecule has 0 spiro atoms. The fourth-order valence-electron chi connectivity index (χ4n) is 1.84. The molecule has 6 nitrogen and oxygen atoms in total. The van der Waals surface area contributed by atoms with Gasteiger partial charge in [-0.3, -0.25) is 0 Å². The maximum absolute atomic E-state index is 8.90. The Morgan fingerprint density at radius 1 is 1.26 bits per heavy atom. The monoisotopic (exact) mass is 260 g/mol. The Hall–Kier alpha value is -2.34. The van der Waals surface area contributed by atoms with Crippen LogP contribution in [0.25, 0.3) is 22.6 Å². The molecule has 0 aliphatic heterocycles. The Labute approximate surface area is 108 Å². The summed E-state index contributed by atoms with van der Waals surface area (Å²) >= 11 is 0. The van der Waals surface area contributed by atoms with Crippen LogP contribution in [0, 0.1) is 0 Å². The Morgan fingerprint density at radius 3 is 2.89 bits per heavy atom. The molecule has 0 fully saturated rings. The summed E-state index contributed by atoms with van der Waals surface area (Å²) in [6.45, 7) is 2.21. The molecule has 98 valence electrons. The van der Waals surface area contributed by atoms with Crippen LogP contribution < -0.4 is 4.74 Å². The van der Waals surface area contributed by atoms with Crippen molar-refractivity contribution in [3.63, 3.8) is 0 Å². The first-order valence-corrected chi connectivity index (χ1v) is 5.90.